The van der Waals surface area contributed by atoms with Crippen molar-refractivity contribution >= 4 is 5.97 Å². The highest BCUT2D eigenvalue weighted by Crippen LogP contribution is 2.51. The summed E-state index contributed by atoms with van der Waals surface area (Å²) in [5.41, 5.74) is -1.09. The summed E-state index contributed by atoms with van der Waals surface area (Å²) in [6, 6.07) is 3.61. The highest BCUT2D eigenvalue weighted by atomic mass is 16.5. The van der Waals surface area contributed by atoms with Crippen LogP contribution in [0, 0.1) is 34.0 Å². The first-order valence-corrected chi connectivity index (χ1v) is 3.10. The molecule has 0 saturated heterocycles. The molecule has 56 valence electrons. The number of nitrogens with zero attached hydrogens (tertiary/aromatic N) is 2. The zero-order valence-electron chi connectivity index (χ0n) is 6.00. The van der Waals surface area contributed by atoms with E-state index in [4.69, 9.17) is 10.5 Å². The second-order valence-electron chi connectivity index (χ2n) is 2.47. The Morgan fingerprint density at radius 3 is 2.45 bits per heavy atom. The van der Waals surface area contributed by atoms with Crippen LogP contribution in [0.15, 0.2) is 0 Å². The largest absolute Gasteiger partial charge is 0.469 e. The van der Waals surface area contributed by atoms with Crippen LogP contribution in [-0.2, 0) is 9.53 Å². The van der Waals surface area contributed by atoms with Gasteiger partial charge in [0.25, 0.3) is 0 Å². The third kappa shape index (κ3) is 0.929. The average molecular weight is 150 g/mol. The summed E-state index contributed by atoms with van der Waals surface area (Å²) in [6.07, 6.45) is 0.312. The van der Waals surface area contributed by atoms with Gasteiger partial charge in [0.2, 0.25) is 0 Å². The Kier molecular flexibility index (Phi) is 1.54. The van der Waals surface area contributed by atoms with Crippen molar-refractivity contribution < 1.29 is 9.53 Å². The van der Waals surface area contributed by atoms with Crippen molar-refractivity contribution in [2.24, 2.45) is 11.3 Å². The lowest BCUT2D eigenvalue weighted by atomic mass is 10.1. The molecular weight excluding hydrogens is 144 g/mol. The van der Waals surface area contributed by atoms with Crippen LogP contribution in [0.25, 0.3) is 0 Å². The van der Waals surface area contributed by atoms with Crippen molar-refractivity contribution in [3.8, 4) is 12.1 Å². The van der Waals surface area contributed by atoms with E-state index in [0.29, 0.717) is 6.42 Å². The van der Waals surface area contributed by atoms with E-state index >= 15 is 0 Å². The number of carbonyl (C=O) groups excluding carboxylic acids is 1. The number of nitriles is 2. The second-order valence-corrected chi connectivity index (χ2v) is 2.47. The van der Waals surface area contributed by atoms with Crippen LogP contribution in [0.1, 0.15) is 6.42 Å². The molecule has 11 heavy (non-hydrogen) atoms. The van der Waals surface area contributed by atoms with E-state index in [1.807, 2.05) is 0 Å². The molecule has 0 amide bonds. The molecule has 1 rings (SSSR count). The Bertz CT molecular complexity index is 257. The zero-order valence-corrected chi connectivity index (χ0v) is 6.00. The molecule has 0 spiro atoms. The van der Waals surface area contributed by atoms with Gasteiger partial charge in [-0.3, -0.25) is 4.79 Å². The Morgan fingerprint density at radius 2 is 2.18 bits per heavy atom. The summed E-state index contributed by atoms with van der Waals surface area (Å²) in [5.74, 6) is -0.990. The normalized spacial score (nSPS) is 24.5. The van der Waals surface area contributed by atoms with Gasteiger partial charge >= 0.3 is 5.97 Å². The SMILES string of the molecule is COC(=O)C1CC1(C#N)C#N. The van der Waals surface area contributed by atoms with Gasteiger partial charge in [-0.15, -0.1) is 0 Å². The molecule has 1 atom stereocenters. The summed E-state index contributed by atoms with van der Waals surface area (Å²) in [6.45, 7) is 0. The third-order valence-electron chi connectivity index (χ3n) is 1.85. The lowest BCUT2D eigenvalue weighted by molar-refractivity contribution is -0.142. The van der Waals surface area contributed by atoms with Gasteiger partial charge in [0.15, 0.2) is 5.41 Å². The standard InChI is InChI=1S/C7H6N2O2/c1-11-6(10)5-2-7(5,3-8)4-9/h5H,2H2,1H3. The molecular formula is C7H6N2O2. The van der Waals surface area contributed by atoms with Crippen LogP contribution < -0.4 is 0 Å². The maximum absolute atomic E-state index is 10.8. The van der Waals surface area contributed by atoms with Crippen molar-refractivity contribution in [2.75, 3.05) is 7.11 Å². The fraction of sp³-hybridized carbons (Fsp3) is 0.571. The zero-order chi connectivity index (χ0) is 8.48. The van der Waals surface area contributed by atoms with Crippen molar-refractivity contribution in [3.63, 3.8) is 0 Å². The molecule has 0 N–H and O–H groups in total. The van der Waals surface area contributed by atoms with E-state index in [1.54, 1.807) is 12.1 Å². The molecule has 0 heterocycles. The maximum Gasteiger partial charge on any atom is 0.311 e. The first-order valence-electron chi connectivity index (χ1n) is 3.10. The van der Waals surface area contributed by atoms with Crippen molar-refractivity contribution in [3.05, 3.63) is 0 Å². The lowest BCUT2D eigenvalue weighted by Gasteiger charge is -1.95. The van der Waals surface area contributed by atoms with Crippen molar-refractivity contribution in [2.45, 2.75) is 6.42 Å². The van der Waals surface area contributed by atoms with Crippen molar-refractivity contribution in [1.82, 2.24) is 0 Å². The summed E-state index contributed by atoms with van der Waals surface area (Å²) in [5, 5.41) is 17.0. The molecule has 1 aliphatic rings. The molecule has 0 aromatic carbocycles. The van der Waals surface area contributed by atoms with E-state index < -0.39 is 17.3 Å². The molecule has 0 aliphatic heterocycles. The summed E-state index contributed by atoms with van der Waals surface area (Å²) < 4.78 is 4.39. The van der Waals surface area contributed by atoms with E-state index in [1.165, 1.54) is 7.11 Å². The van der Waals surface area contributed by atoms with Crippen LogP contribution in [0.4, 0.5) is 0 Å². The van der Waals surface area contributed by atoms with Gasteiger partial charge in [-0.05, 0) is 6.42 Å². The summed E-state index contributed by atoms with van der Waals surface area (Å²) in [4.78, 5) is 10.8. The Balaban J connectivity index is 2.69. The lowest BCUT2D eigenvalue weighted by Crippen LogP contribution is -2.09. The number of esters is 1. The molecule has 1 unspecified atom stereocenters. The van der Waals surface area contributed by atoms with Crippen LogP contribution in [-0.4, -0.2) is 13.1 Å². The monoisotopic (exact) mass is 150 g/mol. The van der Waals surface area contributed by atoms with Gasteiger partial charge < -0.3 is 4.74 Å². The number of hydrogen-bond acceptors (Lipinski definition) is 4. The van der Waals surface area contributed by atoms with E-state index in [-0.39, 0.29) is 0 Å². The number of hydrogen-bond donors (Lipinski definition) is 0. The average Bonchev–Trinajstić information content (AvgIpc) is 2.78. The van der Waals surface area contributed by atoms with Gasteiger partial charge in [-0.2, -0.15) is 10.5 Å². The van der Waals surface area contributed by atoms with Crippen LogP contribution in [0.3, 0.4) is 0 Å². The van der Waals surface area contributed by atoms with Crippen LogP contribution in [0.2, 0.25) is 0 Å². The maximum atomic E-state index is 10.8. The molecule has 1 fully saturated rings. The van der Waals surface area contributed by atoms with E-state index in [0.717, 1.165) is 0 Å². The summed E-state index contributed by atoms with van der Waals surface area (Å²) in [7, 11) is 1.25. The van der Waals surface area contributed by atoms with Gasteiger partial charge in [0, 0.05) is 0 Å². The van der Waals surface area contributed by atoms with Gasteiger partial charge in [-0.1, -0.05) is 0 Å². The minimum atomic E-state index is -1.09. The topological polar surface area (TPSA) is 73.9 Å². The molecule has 1 saturated carbocycles. The number of ether oxygens (including phenoxy) is 1. The third-order valence-corrected chi connectivity index (χ3v) is 1.85. The van der Waals surface area contributed by atoms with E-state index in [2.05, 4.69) is 4.74 Å². The Labute approximate surface area is 64.0 Å². The first kappa shape index (κ1) is 7.56. The number of rotatable bonds is 1. The highest BCUT2D eigenvalue weighted by molar-refractivity contribution is 5.79. The van der Waals surface area contributed by atoms with Crippen molar-refractivity contribution in [1.29, 1.82) is 10.5 Å². The Hall–Kier alpha value is -1.55. The predicted molar refractivity (Wildman–Crippen MR) is 33.8 cm³/mol. The molecule has 4 nitrogen and oxygen atoms in total. The van der Waals surface area contributed by atoms with Crippen LogP contribution >= 0.6 is 0 Å². The van der Waals surface area contributed by atoms with E-state index in [9.17, 15) is 4.79 Å². The fourth-order valence-electron chi connectivity index (χ4n) is 0.962. The molecule has 0 aromatic rings. The smallest absolute Gasteiger partial charge is 0.311 e. The first-order chi connectivity index (χ1) is 5.20. The van der Waals surface area contributed by atoms with Gasteiger partial charge in [-0.25, -0.2) is 0 Å². The molecule has 0 bridgehead atoms. The highest BCUT2D eigenvalue weighted by Gasteiger charge is 2.61. The minimum absolute atomic E-state index is 0.312. The minimum Gasteiger partial charge on any atom is -0.469 e. The molecule has 1 aliphatic carbocycles. The number of methoxy groups -OCH3 is 1. The molecule has 0 radical (unpaired) electrons. The predicted octanol–water partition coefficient (Wildman–Crippen LogP) is 0.213. The fourth-order valence-corrected chi connectivity index (χ4v) is 0.962. The number of carbonyl (C=O) groups is 1. The second kappa shape index (κ2) is 2.25. The summed E-state index contributed by atoms with van der Waals surface area (Å²) >= 11 is 0. The van der Waals surface area contributed by atoms with Crippen LogP contribution in [0.5, 0.6) is 0 Å². The van der Waals surface area contributed by atoms with Gasteiger partial charge in [0.05, 0.1) is 25.2 Å². The quantitative estimate of drug-likeness (QED) is 0.501. The van der Waals surface area contributed by atoms with Gasteiger partial charge in [0.1, 0.15) is 0 Å². The Morgan fingerprint density at radius 1 is 1.64 bits per heavy atom. The molecule has 4 heteroatoms. The molecule has 0 aromatic heterocycles.